The molecular weight excluding hydrogens is 286 g/mol. The van der Waals surface area contributed by atoms with Gasteiger partial charge in [0.05, 0.1) is 5.56 Å². The third kappa shape index (κ3) is 3.01. The van der Waals surface area contributed by atoms with Crippen LogP contribution in [0.15, 0.2) is 42.5 Å². The first-order valence-electron chi connectivity index (χ1n) is 6.61. The number of carbonyl (C=O) groups is 2. The van der Waals surface area contributed by atoms with Crippen LogP contribution in [0.5, 0.6) is 17.2 Å². The fraction of sp³-hybridized carbons (Fsp3) is 0.125. The fourth-order valence-electron chi connectivity index (χ4n) is 2.00. The third-order valence-electron chi connectivity index (χ3n) is 3.00. The molecule has 1 aliphatic rings. The molecule has 3 rings (SSSR count). The summed E-state index contributed by atoms with van der Waals surface area (Å²) in [7, 11) is 0. The van der Waals surface area contributed by atoms with Crippen LogP contribution in [-0.4, -0.2) is 18.7 Å². The van der Waals surface area contributed by atoms with Gasteiger partial charge in [-0.1, -0.05) is 0 Å². The van der Waals surface area contributed by atoms with Crippen molar-refractivity contribution in [3.8, 4) is 17.2 Å². The van der Waals surface area contributed by atoms with E-state index in [4.69, 9.17) is 14.2 Å². The minimum absolute atomic E-state index is 0.164. The zero-order valence-corrected chi connectivity index (χ0v) is 11.8. The maximum atomic E-state index is 12.1. The maximum absolute atomic E-state index is 12.1. The topological polar surface area (TPSA) is 73.9 Å². The fourth-order valence-corrected chi connectivity index (χ4v) is 2.00. The largest absolute Gasteiger partial charge is 0.454 e. The number of nitrogens with one attached hydrogen (secondary N) is 1. The summed E-state index contributed by atoms with van der Waals surface area (Å²) in [4.78, 5) is 23.0. The Kier molecular flexibility index (Phi) is 3.65. The van der Waals surface area contributed by atoms with E-state index in [0.717, 1.165) is 0 Å². The molecule has 1 N–H and O–H groups in total. The summed E-state index contributed by atoms with van der Waals surface area (Å²) in [5, 5.41) is 2.63. The standard InChI is InChI=1S/C16H13NO5/c1-10(18)17-12-4-2-11(3-5-12)16(19)22-13-6-7-14-15(8-13)21-9-20-14/h2-8H,9H2,1H3,(H,17,18). The number of rotatable bonds is 3. The van der Waals surface area contributed by atoms with Crippen LogP contribution in [0.3, 0.4) is 0 Å². The molecule has 6 nitrogen and oxygen atoms in total. The van der Waals surface area contributed by atoms with Crippen LogP contribution in [0, 0.1) is 0 Å². The van der Waals surface area contributed by atoms with Gasteiger partial charge in [0.25, 0.3) is 0 Å². The van der Waals surface area contributed by atoms with E-state index in [2.05, 4.69) is 5.32 Å². The second-order valence-electron chi connectivity index (χ2n) is 4.66. The van der Waals surface area contributed by atoms with Gasteiger partial charge in [-0.2, -0.15) is 0 Å². The van der Waals surface area contributed by atoms with Gasteiger partial charge in [0.15, 0.2) is 11.5 Å². The summed E-state index contributed by atoms with van der Waals surface area (Å²) in [6.07, 6.45) is 0. The minimum atomic E-state index is -0.492. The highest BCUT2D eigenvalue weighted by Crippen LogP contribution is 2.35. The summed E-state index contributed by atoms with van der Waals surface area (Å²) in [6.45, 7) is 1.58. The van der Waals surface area contributed by atoms with E-state index >= 15 is 0 Å². The van der Waals surface area contributed by atoms with E-state index in [0.29, 0.717) is 28.5 Å². The normalized spacial score (nSPS) is 11.9. The van der Waals surface area contributed by atoms with Crippen molar-refractivity contribution in [2.24, 2.45) is 0 Å². The summed E-state index contributed by atoms with van der Waals surface area (Å²) < 4.78 is 15.7. The number of hydrogen-bond acceptors (Lipinski definition) is 5. The van der Waals surface area contributed by atoms with Crippen molar-refractivity contribution in [3.63, 3.8) is 0 Å². The predicted octanol–water partition coefficient (Wildman–Crippen LogP) is 2.59. The van der Waals surface area contributed by atoms with Gasteiger partial charge in [-0.25, -0.2) is 4.79 Å². The second kappa shape index (κ2) is 5.77. The van der Waals surface area contributed by atoms with E-state index in [9.17, 15) is 9.59 Å². The number of hydrogen-bond donors (Lipinski definition) is 1. The third-order valence-corrected chi connectivity index (χ3v) is 3.00. The Morgan fingerprint density at radius 1 is 1.05 bits per heavy atom. The minimum Gasteiger partial charge on any atom is -0.454 e. The van der Waals surface area contributed by atoms with Crippen LogP contribution in [0.25, 0.3) is 0 Å². The van der Waals surface area contributed by atoms with Gasteiger partial charge in [-0.3, -0.25) is 4.79 Å². The number of carbonyl (C=O) groups excluding carboxylic acids is 2. The SMILES string of the molecule is CC(=O)Nc1ccc(C(=O)Oc2ccc3c(c2)OCO3)cc1. The molecule has 22 heavy (non-hydrogen) atoms. The lowest BCUT2D eigenvalue weighted by Crippen LogP contribution is -2.09. The first-order chi connectivity index (χ1) is 10.6. The second-order valence-corrected chi connectivity index (χ2v) is 4.66. The number of amides is 1. The average Bonchev–Trinajstić information content (AvgIpc) is 2.95. The number of ether oxygens (including phenoxy) is 3. The Labute approximate surface area is 126 Å². The van der Waals surface area contributed by atoms with Crippen LogP contribution in [-0.2, 0) is 4.79 Å². The van der Waals surface area contributed by atoms with E-state index in [1.165, 1.54) is 6.92 Å². The molecule has 2 aromatic rings. The lowest BCUT2D eigenvalue weighted by molar-refractivity contribution is -0.114. The van der Waals surface area contributed by atoms with E-state index in [1.54, 1.807) is 42.5 Å². The van der Waals surface area contributed by atoms with Crippen LogP contribution >= 0.6 is 0 Å². The lowest BCUT2D eigenvalue weighted by atomic mass is 10.2. The highest BCUT2D eigenvalue weighted by molar-refractivity contribution is 5.93. The van der Waals surface area contributed by atoms with Gasteiger partial charge in [0.1, 0.15) is 5.75 Å². The summed E-state index contributed by atoms with van der Waals surface area (Å²) in [6, 6.07) is 11.4. The van der Waals surface area contributed by atoms with E-state index < -0.39 is 5.97 Å². The zero-order chi connectivity index (χ0) is 15.5. The Balaban J connectivity index is 1.70. The highest BCUT2D eigenvalue weighted by atomic mass is 16.7. The zero-order valence-electron chi connectivity index (χ0n) is 11.8. The first kappa shape index (κ1) is 13.9. The van der Waals surface area contributed by atoms with Crippen LogP contribution in [0.2, 0.25) is 0 Å². The average molecular weight is 299 g/mol. The molecule has 1 heterocycles. The molecule has 1 aliphatic heterocycles. The molecule has 0 saturated heterocycles. The molecule has 0 aliphatic carbocycles. The van der Waals surface area contributed by atoms with Crippen LogP contribution in [0.4, 0.5) is 5.69 Å². The molecule has 1 amide bonds. The van der Waals surface area contributed by atoms with Gasteiger partial charge in [-0.15, -0.1) is 0 Å². The first-order valence-corrected chi connectivity index (χ1v) is 6.61. The Morgan fingerprint density at radius 3 is 2.50 bits per heavy atom. The Hall–Kier alpha value is -3.02. The maximum Gasteiger partial charge on any atom is 0.343 e. The summed E-state index contributed by atoms with van der Waals surface area (Å²) >= 11 is 0. The van der Waals surface area contributed by atoms with Crippen molar-refractivity contribution in [1.82, 2.24) is 0 Å². The number of esters is 1. The van der Waals surface area contributed by atoms with Crippen molar-refractivity contribution < 1.29 is 23.8 Å². The van der Waals surface area contributed by atoms with Crippen molar-refractivity contribution >= 4 is 17.6 Å². The quantitative estimate of drug-likeness (QED) is 0.696. The van der Waals surface area contributed by atoms with Gasteiger partial charge >= 0.3 is 5.97 Å². The van der Waals surface area contributed by atoms with Crippen LogP contribution < -0.4 is 19.5 Å². The van der Waals surface area contributed by atoms with Gasteiger partial charge in [0, 0.05) is 18.7 Å². The molecule has 0 spiro atoms. The molecule has 0 saturated carbocycles. The van der Waals surface area contributed by atoms with Gasteiger partial charge in [-0.05, 0) is 36.4 Å². The molecule has 0 unspecified atom stereocenters. The lowest BCUT2D eigenvalue weighted by Gasteiger charge is -2.06. The highest BCUT2D eigenvalue weighted by Gasteiger charge is 2.16. The molecule has 0 bridgehead atoms. The molecular formula is C16H13NO5. The van der Waals surface area contributed by atoms with Crippen molar-refractivity contribution in [2.45, 2.75) is 6.92 Å². The van der Waals surface area contributed by atoms with E-state index in [1.807, 2.05) is 0 Å². The van der Waals surface area contributed by atoms with E-state index in [-0.39, 0.29) is 12.7 Å². The monoisotopic (exact) mass is 299 g/mol. The number of fused-ring (bicyclic) bond motifs is 1. The van der Waals surface area contributed by atoms with Gasteiger partial charge in [0.2, 0.25) is 12.7 Å². The molecule has 112 valence electrons. The molecule has 0 atom stereocenters. The molecule has 6 heteroatoms. The molecule has 0 aromatic heterocycles. The molecule has 2 aromatic carbocycles. The Bertz CT molecular complexity index is 724. The van der Waals surface area contributed by atoms with Crippen molar-refractivity contribution in [3.05, 3.63) is 48.0 Å². The van der Waals surface area contributed by atoms with Crippen molar-refractivity contribution in [1.29, 1.82) is 0 Å². The summed E-state index contributed by atoms with van der Waals surface area (Å²) in [5.74, 6) is 0.884. The number of benzene rings is 2. The van der Waals surface area contributed by atoms with Crippen LogP contribution in [0.1, 0.15) is 17.3 Å². The van der Waals surface area contributed by atoms with Crippen molar-refractivity contribution in [2.75, 3.05) is 12.1 Å². The predicted molar refractivity (Wildman–Crippen MR) is 78.3 cm³/mol. The van der Waals surface area contributed by atoms with Gasteiger partial charge < -0.3 is 19.5 Å². The Morgan fingerprint density at radius 2 is 1.77 bits per heavy atom. The smallest absolute Gasteiger partial charge is 0.343 e. The molecule has 0 fully saturated rings. The molecule has 0 radical (unpaired) electrons. The summed E-state index contributed by atoms with van der Waals surface area (Å²) in [5.41, 5.74) is 0.999. The number of anilines is 1.